The first-order chi connectivity index (χ1) is 15.2. The summed E-state index contributed by atoms with van der Waals surface area (Å²) in [5.41, 5.74) is 11.0. The molecule has 7 nitrogen and oxygen atoms in total. The number of H-pyrrole nitrogens is 1. The molecule has 6 N–H and O–H groups in total. The van der Waals surface area contributed by atoms with E-state index in [4.69, 9.17) is 11.1 Å². The topological polar surface area (TPSA) is 119 Å². The van der Waals surface area contributed by atoms with Gasteiger partial charge in [0.1, 0.15) is 12.2 Å². The first kappa shape index (κ1) is 20.6. The molecule has 0 radical (unpaired) electrons. The van der Waals surface area contributed by atoms with Gasteiger partial charge in [0.15, 0.2) is 0 Å². The summed E-state index contributed by atoms with van der Waals surface area (Å²) in [5.74, 6) is 0.486. The Morgan fingerprint density at radius 2 is 1.87 bits per heavy atom. The number of nitrogens with zero attached hydrogens (tertiary/aromatic N) is 1. The van der Waals surface area contributed by atoms with Crippen molar-refractivity contribution in [2.45, 2.75) is 18.8 Å². The quantitative estimate of drug-likeness (QED) is 0.312. The van der Waals surface area contributed by atoms with E-state index >= 15 is 0 Å². The Morgan fingerprint density at radius 3 is 2.61 bits per heavy atom. The number of nitrogens with one attached hydrogen (secondary N) is 4. The van der Waals surface area contributed by atoms with Gasteiger partial charge in [-0.2, -0.15) is 0 Å². The highest BCUT2D eigenvalue weighted by molar-refractivity contribution is 6.07. The van der Waals surface area contributed by atoms with E-state index in [1.54, 1.807) is 6.07 Å². The number of nitrogens with two attached hydrogens (primary N) is 1. The van der Waals surface area contributed by atoms with Gasteiger partial charge in [0.2, 0.25) is 0 Å². The highest BCUT2D eigenvalue weighted by Gasteiger charge is 2.21. The molecule has 158 valence electrons. The summed E-state index contributed by atoms with van der Waals surface area (Å²) in [7, 11) is 0. The summed E-state index contributed by atoms with van der Waals surface area (Å²) >= 11 is 0. The molecular formula is C24H26N6O. The number of rotatable bonds is 6. The fraction of sp³-hybridized carbons (Fsp3) is 0.208. The number of hydrogen-bond donors (Lipinski definition) is 5. The zero-order chi connectivity index (χ0) is 21.6. The van der Waals surface area contributed by atoms with Crippen LogP contribution in [-0.4, -0.2) is 36.2 Å². The fourth-order valence-electron chi connectivity index (χ4n) is 3.94. The van der Waals surface area contributed by atoms with Crippen LogP contribution in [0.3, 0.4) is 0 Å². The van der Waals surface area contributed by atoms with Crippen LogP contribution in [0.25, 0.3) is 11.1 Å². The van der Waals surface area contributed by atoms with E-state index in [1.165, 1.54) is 0 Å². The average molecular weight is 415 g/mol. The van der Waals surface area contributed by atoms with Crippen LogP contribution in [0, 0.1) is 5.41 Å². The van der Waals surface area contributed by atoms with Crippen molar-refractivity contribution in [1.82, 2.24) is 10.3 Å². The molecule has 1 saturated heterocycles. The lowest BCUT2D eigenvalue weighted by Crippen LogP contribution is -2.26. The van der Waals surface area contributed by atoms with Crippen LogP contribution in [0.15, 0.2) is 65.7 Å². The minimum absolute atomic E-state index is 0.176. The number of anilines is 1. The molecule has 31 heavy (non-hydrogen) atoms. The van der Waals surface area contributed by atoms with E-state index in [0.717, 1.165) is 54.8 Å². The monoisotopic (exact) mass is 414 g/mol. The Labute approximate surface area is 181 Å². The Hall–Kier alpha value is -3.71. The normalized spacial score (nSPS) is 14.9. The molecule has 0 saturated carbocycles. The van der Waals surface area contributed by atoms with Gasteiger partial charge >= 0.3 is 0 Å². The zero-order valence-electron chi connectivity index (χ0n) is 17.2. The molecule has 3 aromatic rings. The molecule has 0 spiro atoms. The number of aromatic nitrogens is 1. The highest BCUT2D eigenvalue weighted by atomic mass is 16.1. The number of hydrogen-bond acceptors (Lipinski definition) is 3. The van der Waals surface area contributed by atoms with Crippen LogP contribution in [0.5, 0.6) is 0 Å². The summed E-state index contributed by atoms with van der Waals surface area (Å²) in [4.78, 5) is 20.2. The molecule has 1 aliphatic heterocycles. The summed E-state index contributed by atoms with van der Waals surface area (Å²) < 4.78 is 0. The van der Waals surface area contributed by atoms with E-state index in [9.17, 15) is 4.79 Å². The van der Waals surface area contributed by atoms with Gasteiger partial charge in [-0.25, -0.2) is 4.99 Å². The number of aromatic amines is 1. The van der Waals surface area contributed by atoms with Gasteiger partial charge in [-0.15, -0.1) is 0 Å². The maximum Gasteiger partial charge on any atom is 0.255 e. The number of para-hydroxylation sites is 1. The lowest BCUT2D eigenvalue weighted by Gasteiger charge is -2.21. The molecule has 1 aromatic heterocycles. The second-order valence-corrected chi connectivity index (χ2v) is 7.58. The third kappa shape index (κ3) is 4.73. The lowest BCUT2D eigenvalue weighted by atomic mass is 9.94. The van der Waals surface area contributed by atoms with Crippen LogP contribution >= 0.6 is 0 Å². The molecule has 1 amide bonds. The first-order valence-electron chi connectivity index (χ1n) is 10.4. The number of carbonyl (C=O) groups is 1. The molecule has 0 unspecified atom stereocenters. The van der Waals surface area contributed by atoms with Crippen molar-refractivity contribution >= 4 is 23.8 Å². The minimum Gasteiger partial charge on any atom is -0.382 e. The predicted molar refractivity (Wildman–Crippen MR) is 125 cm³/mol. The summed E-state index contributed by atoms with van der Waals surface area (Å²) in [6.07, 6.45) is 3.02. The van der Waals surface area contributed by atoms with E-state index in [-0.39, 0.29) is 11.7 Å². The van der Waals surface area contributed by atoms with Gasteiger partial charge in [0.05, 0.1) is 5.69 Å². The number of carbonyl (C=O) groups excluding carboxylic acids is 1. The molecule has 4 rings (SSSR count). The van der Waals surface area contributed by atoms with Crippen molar-refractivity contribution in [3.05, 3.63) is 77.6 Å². The number of aliphatic imine (C=N–C) groups is 1. The molecule has 2 aromatic carbocycles. The molecule has 1 aliphatic rings. The Balaban J connectivity index is 1.68. The predicted octanol–water partition coefficient (Wildman–Crippen LogP) is 3.71. The van der Waals surface area contributed by atoms with Gasteiger partial charge in [-0.3, -0.25) is 10.2 Å². The molecule has 7 heteroatoms. The molecule has 0 atom stereocenters. The lowest BCUT2D eigenvalue weighted by molar-refractivity contribution is 0.102. The van der Waals surface area contributed by atoms with Crippen molar-refractivity contribution in [2.24, 2.45) is 10.7 Å². The average Bonchev–Trinajstić information content (AvgIpc) is 3.26. The third-order valence-electron chi connectivity index (χ3n) is 5.54. The number of amides is 1. The van der Waals surface area contributed by atoms with Crippen LogP contribution in [0.1, 0.15) is 40.5 Å². The molecular weight excluding hydrogens is 388 g/mol. The van der Waals surface area contributed by atoms with Crippen molar-refractivity contribution in [2.75, 3.05) is 18.4 Å². The molecule has 2 heterocycles. The van der Waals surface area contributed by atoms with Crippen molar-refractivity contribution in [3.8, 4) is 11.1 Å². The summed E-state index contributed by atoms with van der Waals surface area (Å²) in [6.45, 7) is 1.96. The number of benzene rings is 2. The van der Waals surface area contributed by atoms with Gasteiger partial charge in [0, 0.05) is 28.4 Å². The molecule has 0 bridgehead atoms. The maximum absolute atomic E-state index is 12.8. The van der Waals surface area contributed by atoms with E-state index in [0.29, 0.717) is 17.2 Å². The Kier molecular flexibility index (Phi) is 6.24. The first-order valence-corrected chi connectivity index (χ1v) is 10.4. The van der Waals surface area contributed by atoms with Crippen molar-refractivity contribution < 1.29 is 4.79 Å². The van der Waals surface area contributed by atoms with Gasteiger partial charge in [-0.1, -0.05) is 30.3 Å². The largest absolute Gasteiger partial charge is 0.382 e. The van der Waals surface area contributed by atoms with Gasteiger partial charge in [-0.05, 0) is 61.8 Å². The van der Waals surface area contributed by atoms with Crippen LogP contribution in [0.2, 0.25) is 0 Å². The van der Waals surface area contributed by atoms with Crippen molar-refractivity contribution in [3.63, 3.8) is 0 Å². The van der Waals surface area contributed by atoms with Crippen LogP contribution < -0.4 is 16.4 Å². The zero-order valence-corrected chi connectivity index (χ0v) is 17.2. The van der Waals surface area contributed by atoms with E-state index < -0.39 is 0 Å². The van der Waals surface area contributed by atoms with Crippen LogP contribution in [-0.2, 0) is 0 Å². The standard InChI is InChI=1S/C24H26N6O/c25-15-28-23(26)22-20(14-21(30-22)16-9-11-27-12-10-16)17-5-4-6-18(13-17)24(31)29-19-7-2-1-3-8-19/h1-8,13-16,27,30H,9-12H2,(H,29,31)(H3,25,26,28). The SMILES string of the molecule is N=C/N=C(/N)c1[nH]c(C2CCNCC2)cc1-c1cccc(C(=O)Nc2ccccc2)c1. The Bertz CT molecular complexity index is 1100. The van der Waals surface area contributed by atoms with Gasteiger partial charge < -0.3 is 21.4 Å². The number of piperidine rings is 1. The third-order valence-corrected chi connectivity index (χ3v) is 5.54. The van der Waals surface area contributed by atoms with E-state index in [2.05, 4.69) is 26.7 Å². The second-order valence-electron chi connectivity index (χ2n) is 7.58. The molecule has 1 fully saturated rings. The van der Waals surface area contributed by atoms with Crippen molar-refractivity contribution in [1.29, 1.82) is 5.41 Å². The maximum atomic E-state index is 12.8. The summed E-state index contributed by atoms with van der Waals surface area (Å²) in [6, 6.07) is 18.9. The van der Waals surface area contributed by atoms with Crippen LogP contribution in [0.4, 0.5) is 5.69 Å². The second kappa shape index (κ2) is 9.40. The highest BCUT2D eigenvalue weighted by Crippen LogP contribution is 2.32. The number of amidine groups is 1. The van der Waals surface area contributed by atoms with Gasteiger partial charge in [0.25, 0.3) is 5.91 Å². The smallest absolute Gasteiger partial charge is 0.255 e. The minimum atomic E-state index is -0.176. The molecule has 0 aliphatic carbocycles. The van der Waals surface area contributed by atoms with E-state index in [1.807, 2.05) is 48.5 Å². The fourth-order valence-corrected chi connectivity index (χ4v) is 3.94. The summed E-state index contributed by atoms with van der Waals surface area (Å²) in [5, 5.41) is 13.6. The Morgan fingerprint density at radius 1 is 1.10 bits per heavy atom.